The number of aliphatic imine (C=N–C) groups is 1. The van der Waals surface area contributed by atoms with Gasteiger partial charge in [-0.2, -0.15) is 0 Å². The molecule has 1 amide bonds. The first-order chi connectivity index (χ1) is 13.9. The Morgan fingerprint density at radius 3 is 2.77 bits per heavy atom. The number of fused-ring (bicyclic) bond motifs is 1. The summed E-state index contributed by atoms with van der Waals surface area (Å²) in [6.07, 6.45) is 6.17. The fourth-order valence-corrected chi connectivity index (χ4v) is 3.35. The number of hydrogen-bond donors (Lipinski definition) is 3. The van der Waals surface area contributed by atoms with E-state index in [4.69, 9.17) is 11.2 Å². The Hall–Kier alpha value is -2.73. The standard InChI is InChI=1S/C23H26N4O2.HI/c1-5-16-9-8-10-17(13-16)26-21(28)15-25-22(24-4)27-19-14-23(2,3)29-20-12-7-6-11-18(19)20;/h1,6-13,19H,14-15H2,2-4H3,(H,26,28)(H2,24,25,27);1H. The first-order valence-electron chi connectivity index (χ1n) is 9.52. The van der Waals surface area contributed by atoms with Gasteiger partial charge in [0.1, 0.15) is 11.4 Å². The van der Waals surface area contributed by atoms with Gasteiger partial charge in [-0.3, -0.25) is 9.79 Å². The SMILES string of the molecule is C#Cc1cccc(NC(=O)CNC(=NC)NC2CC(C)(C)Oc3ccccc32)c1.I. The molecule has 0 aromatic heterocycles. The molecule has 1 unspecified atom stereocenters. The van der Waals surface area contributed by atoms with E-state index in [9.17, 15) is 4.79 Å². The Bertz CT molecular complexity index is 966. The topological polar surface area (TPSA) is 74.8 Å². The molecule has 0 aliphatic carbocycles. The van der Waals surface area contributed by atoms with Gasteiger partial charge in [0.05, 0.1) is 12.6 Å². The molecular weight excluding hydrogens is 491 g/mol. The normalized spacial score (nSPS) is 16.7. The zero-order chi connectivity index (χ0) is 20.9. The molecule has 1 aliphatic rings. The van der Waals surface area contributed by atoms with E-state index in [-0.39, 0.29) is 48.1 Å². The number of benzene rings is 2. The van der Waals surface area contributed by atoms with Crippen LogP contribution in [0.5, 0.6) is 5.75 Å². The van der Waals surface area contributed by atoms with Crippen LogP contribution in [0.3, 0.4) is 0 Å². The van der Waals surface area contributed by atoms with Crippen molar-refractivity contribution in [3.05, 3.63) is 59.7 Å². The number of hydrogen-bond acceptors (Lipinski definition) is 3. The number of guanidine groups is 1. The highest BCUT2D eigenvalue weighted by molar-refractivity contribution is 14.0. The van der Waals surface area contributed by atoms with Crippen molar-refractivity contribution < 1.29 is 9.53 Å². The summed E-state index contributed by atoms with van der Waals surface area (Å²) in [6.45, 7) is 4.20. The lowest BCUT2D eigenvalue weighted by Crippen LogP contribution is -2.46. The summed E-state index contributed by atoms with van der Waals surface area (Å²) in [7, 11) is 1.68. The van der Waals surface area contributed by atoms with Gasteiger partial charge in [-0.15, -0.1) is 30.4 Å². The lowest BCUT2D eigenvalue weighted by Gasteiger charge is -2.38. The van der Waals surface area contributed by atoms with Crippen LogP contribution >= 0.6 is 24.0 Å². The van der Waals surface area contributed by atoms with Crippen LogP contribution in [-0.4, -0.2) is 31.1 Å². The number of terminal acetylenes is 1. The van der Waals surface area contributed by atoms with Gasteiger partial charge < -0.3 is 20.7 Å². The Morgan fingerprint density at radius 1 is 1.27 bits per heavy atom. The highest BCUT2D eigenvalue weighted by Crippen LogP contribution is 2.39. The maximum atomic E-state index is 12.3. The van der Waals surface area contributed by atoms with Gasteiger partial charge in [0, 0.05) is 30.3 Å². The number of carbonyl (C=O) groups is 1. The molecule has 0 radical (unpaired) electrons. The lowest BCUT2D eigenvalue weighted by atomic mass is 9.90. The zero-order valence-corrected chi connectivity index (χ0v) is 19.7. The Morgan fingerprint density at radius 2 is 2.03 bits per heavy atom. The number of carbonyl (C=O) groups excluding carboxylic acids is 1. The molecular formula is C23H27IN4O2. The molecule has 0 spiro atoms. The van der Waals surface area contributed by atoms with E-state index >= 15 is 0 Å². The predicted octanol–water partition coefficient (Wildman–Crippen LogP) is 3.69. The van der Waals surface area contributed by atoms with Crippen molar-refractivity contribution in [1.82, 2.24) is 10.6 Å². The van der Waals surface area contributed by atoms with Crippen molar-refractivity contribution in [3.63, 3.8) is 0 Å². The van der Waals surface area contributed by atoms with E-state index < -0.39 is 0 Å². The summed E-state index contributed by atoms with van der Waals surface area (Å²) >= 11 is 0. The first-order valence-corrected chi connectivity index (χ1v) is 9.52. The number of nitrogens with one attached hydrogen (secondary N) is 3. The number of halogens is 1. The number of amides is 1. The van der Waals surface area contributed by atoms with Crippen LogP contribution in [0.15, 0.2) is 53.5 Å². The van der Waals surface area contributed by atoms with Crippen molar-refractivity contribution >= 4 is 41.5 Å². The maximum Gasteiger partial charge on any atom is 0.243 e. The van der Waals surface area contributed by atoms with Gasteiger partial charge in [0.15, 0.2) is 5.96 Å². The number of para-hydroxylation sites is 1. The smallest absolute Gasteiger partial charge is 0.243 e. The van der Waals surface area contributed by atoms with Crippen molar-refractivity contribution in [2.75, 3.05) is 18.9 Å². The van der Waals surface area contributed by atoms with E-state index in [1.54, 1.807) is 19.2 Å². The van der Waals surface area contributed by atoms with Crippen LogP contribution in [0, 0.1) is 12.3 Å². The van der Waals surface area contributed by atoms with E-state index in [2.05, 4.69) is 40.7 Å². The first kappa shape index (κ1) is 23.5. The van der Waals surface area contributed by atoms with Gasteiger partial charge in [-0.1, -0.05) is 30.2 Å². The molecule has 0 saturated carbocycles. The highest BCUT2D eigenvalue weighted by Gasteiger charge is 2.33. The van der Waals surface area contributed by atoms with Crippen LogP contribution < -0.4 is 20.7 Å². The second kappa shape index (κ2) is 10.3. The molecule has 2 aromatic carbocycles. The summed E-state index contributed by atoms with van der Waals surface area (Å²) in [4.78, 5) is 16.6. The quantitative estimate of drug-likeness (QED) is 0.250. The van der Waals surface area contributed by atoms with Gasteiger partial charge in [0.2, 0.25) is 5.91 Å². The van der Waals surface area contributed by atoms with Gasteiger partial charge in [-0.05, 0) is 38.1 Å². The van der Waals surface area contributed by atoms with E-state index in [1.165, 1.54) is 0 Å². The molecule has 30 heavy (non-hydrogen) atoms. The molecule has 1 atom stereocenters. The molecule has 1 heterocycles. The van der Waals surface area contributed by atoms with Gasteiger partial charge in [-0.25, -0.2) is 0 Å². The van der Waals surface area contributed by atoms with E-state index in [0.29, 0.717) is 17.2 Å². The largest absolute Gasteiger partial charge is 0.487 e. The summed E-state index contributed by atoms with van der Waals surface area (Å²) in [5.41, 5.74) is 2.15. The lowest BCUT2D eigenvalue weighted by molar-refractivity contribution is -0.115. The predicted molar refractivity (Wildman–Crippen MR) is 131 cm³/mol. The van der Waals surface area contributed by atoms with Crippen molar-refractivity contribution in [3.8, 4) is 18.1 Å². The second-order valence-electron chi connectivity index (χ2n) is 7.50. The van der Waals surface area contributed by atoms with Gasteiger partial charge >= 0.3 is 0 Å². The summed E-state index contributed by atoms with van der Waals surface area (Å²) in [6, 6.07) is 15.2. The Balaban J connectivity index is 0.00000320. The van der Waals surface area contributed by atoms with Crippen molar-refractivity contribution in [2.24, 2.45) is 4.99 Å². The molecule has 0 fully saturated rings. The fourth-order valence-electron chi connectivity index (χ4n) is 3.35. The average molecular weight is 518 g/mol. The minimum Gasteiger partial charge on any atom is -0.487 e. The van der Waals surface area contributed by atoms with Crippen LogP contribution in [0.1, 0.15) is 37.4 Å². The monoisotopic (exact) mass is 518 g/mol. The molecule has 3 N–H and O–H groups in total. The van der Waals surface area contributed by atoms with Crippen molar-refractivity contribution in [1.29, 1.82) is 0 Å². The summed E-state index contributed by atoms with van der Waals surface area (Å²) < 4.78 is 6.07. The van der Waals surface area contributed by atoms with Gasteiger partial charge in [0.25, 0.3) is 0 Å². The third-order valence-corrected chi connectivity index (χ3v) is 4.64. The number of rotatable bonds is 4. The Kier molecular flexibility index (Phi) is 8.12. The molecule has 2 aromatic rings. The number of anilines is 1. The second-order valence-corrected chi connectivity index (χ2v) is 7.50. The van der Waals surface area contributed by atoms with Crippen LogP contribution in [0.4, 0.5) is 5.69 Å². The van der Waals surface area contributed by atoms with Crippen LogP contribution in [0.25, 0.3) is 0 Å². The summed E-state index contributed by atoms with van der Waals surface area (Å²) in [5, 5.41) is 9.31. The third-order valence-electron chi connectivity index (χ3n) is 4.64. The average Bonchev–Trinajstić information content (AvgIpc) is 2.70. The van der Waals surface area contributed by atoms with Crippen LogP contribution in [0.2, 0.25) is 0 Å². The van der Waals surface area contributed by atoms with Crippen molar-refractivity contribution in [2.45, 2.75) is 31.9 Å². The number of nitrogens with zero attached hydrogens (tertiary/aromatic N) is 1. The zero-order valence-electron chi connectivity index (χ0n) is 17.4. The Labute approximate surface area is 194 Å². The molecule has 158 valence electrons. The highest BCUT2D eigenvalue weighted by atomic mass is 127. The number of ether oxygens (including phenoxy) is 1. The fraction of sp³-hybridized carbons (Fsp3) is 0.304. The molecule has 0 saturated heterocycles. The summed E-state index contributed by atoms with van der Waals surface area (Å²) in [5.74, 6) is 3.78. The molecule has 3 rings (SSSR count). The molecule has 7 heteroatoms. The minimum absolute atomic E-state index is 0. The van der Waals surface area contributed by atoms with Crippen LogP contribution in [-0.2, 0) is 4.79 Å². The third kappa shape index (κ3) is 6.13. The molecule has 1 aliphatic heterocycles. The molecule has 6 nitrogen and oxygen atoms in total. The van der Waals surface area contributed by atoms with E-state index in [0.717, 1.165) is 17.7 Å². The van der Waals surface area contributed by atoms with E-state index in [1.807, 2.05) is 36.4 Å². The molecule has 0 bridgehead atoms. The maximum absolute atomic E-state index is 12.3. The minimum atomic E-state index is -0.301.